The van der Waals surface area contributed by atoms with Crippen LogP contribution in [0.25, 0.3) is 22.4 Å². The quantitative estimate of drug-likeness (QED) is 0.318. The van der Waals surface area contributed by atoms with Crippen molar-refractivity contribution in [3.63, 3.8) is 0 Å². The molecular weight excluding hydrogens is 464 g/mol. The van der Waals surface area contributed by atoms with Crippen LogP contribution in [0.15, 0.2) is 53.1 Å². The Morgan fingerprint density at radius 2 is 1.47 bits per heavy atom. The maximum Gasteiger partial charge on any atom is 0.303 e. The molecule has 0 aliphatic heterocycles. The summed E-state index contributed by atoms with van der Waals surface area (Å²) in [4.78, 5) is 34.8. The number of carbonyl (C=O) groups is 3. The molecule has 1 amide bonds. The molecule has 0 fully saturated rings. The summed E-state index contributed by atoms with van der Waals surface area (Å²) in [7, 11) is 3.20. The Morgan fingerprint density at radius 1 is 0.861 bits per heavy atom. The highest BCUT2D eigenvalue weighted by atomic mass is 16.5. The zero-order valence-electron chi connectivity index (χ0n) is 20.4. The van der Waals surface area contributed by atoms with Crippen molar-refractivity contribution < 1.29 is 33.5 Å². The molecule has 9 heteroatoms. The van der Waals surface area contributed by atoms with Crippen LogP contribution in [0.5, 0.6) is 11.5 Å². The molecule has 2 aromatic carbocycles. The molecule has 0 saturated carbocycles. The van der Waals surface area contributed by atoms with Gasteiger partial charge in [0.05, 0.1) is 32.6 Å². The van der Waals surface area contributed by atoms with E-state index in [0.29, 0.717) is 43.0 Å². The standard InChI is InChI=1S/C27H30N2O7/c1-34-21-11-6-18(7-12-21)26-23(36-29-27(26)19-8-13-22(35-2)14-9-19)17-24(31)28-16-4-3-5-20(30)10-15-25(32)33/h6-9,11-14H,3-5,10,15-17H2,1-2H3,(H,28,31)(H,32,33). The Labute approximate surface area is 209 Å². The summed E-state index contributed by atoms with van der Waals surface area (Å²) in [6.07, 6.45) is 1.39. The molecule has 3 rings (SSSR count). The number of ether oxygens (including phenoxy) is 2. The largest absolute Gasteiger partial charge is 0.497 e. The van der Waals surface area contributed by atoms with Gasteiger partial charge in [-0.1, -0.05) is 17.3 Å². The second-order valence-corrected chi connectivity index (χ2v) is 8.20. The minimum Gasteiger partial charge on any atom is -0.497 e. The molecule has 0 saturated heterocycles. The van der Waals surface area contributed by atoms with E-state index in [-0.39, 0.29) is 31.0 Å². The molecule has 0 aliphatic rings. The highest BCUT2D eigenvalue weighted by molar-refractivity contribution is 5.87. The number of hydrogen-bond acceptors (Lipinski definition) is 7. The molecule has 0 radical (unpaired) electrons. The van der Waals surface area contributed by atoms with E-state index in [1.165, 1.54) is 0 Å². The van der Waals surface area contributed by atoms with Gasteiger partial charge in [-0.3, -0.25) is 14.4 Å². The Balaban J connectivity index is 1.66. The number of carboxylic acids is 1. The second kappa shape index (κ2) is 13.1. The monoisotopic (exact) mass is 494 g/mol. The Kier molecular flexibility index (Phi) is 9.62. The summed E-state index contributed by atoms with van der Waals surface area (Å²) in [6.45, 7) is 0.405. The van der Waals surface area contributed by atoms with Gasteiger partial charge < -0.3 is 24.4 Å². The number of ketones is 1. The SMILES string of the molecule is COc1ccc(-c2noc(CC(=O)NCCCCC(=O)CCC(=O)O)c2-c2ccc(OC)cc2)cc1. The molecule has 0 bridgehead atoms. The minimum atomic E-state index is -0.979. The number of aliphatic carboxylic acids is 1. The fourth-order valence-corrected chi connectivity index (χ4v) is 3.70. The number of unbranched alkanes of at least 4 members (excludes halogenated alkanes) is 1. The molecule has 1 aromatic heterocycles. The van der Waals surface area contributed by atoms with Crippen LogP contribution in [-0.4, -0.2) is 48.7 Å². The van der Waals surface area contributed by atoms with Gasteiger partial charge >= 0.3 is 5.97 Å². The van der Waals surface area contributed by atoms with E-state index < -0.39 is 5.97 Å². The first kappa shape index (κ1) is 26.5. The first-order chi connectivity index (χ1) is 17.4. The molecule has 3 aromatic rings. The minimum absolute atomic E-state index is 0.00204. The number of amides is 1. The number of aromatic nitrogens is 1. The first-order valence-electron chi connectivity index (χ1n) is 11.7. The van der Waals surface area contributed by atoms with Gasteiger partial charge in [-0.15, -0.1) is 0 Å². The predicted molar refractivity (Wildman–Crippen MR) is 133 cm³/mol. The Hall–Kier alpha value is -4.14. The van der Waals surface area contributed by atoms with Crippen LogP contribution in [0.1, 0.15) is 37.9 Å². The van der Waals surface area contributed by atoms with Crippen LogP contribution in [0.2, 0.25) is 0 Å². The van der Waals surface area contributed by atoms with Gasteiger partial charge in [0, 0.05) is 24.9 Å². The molecule has 190 valence electrons. The lowest BCUT2D eigenvalue weighted by Gasteiger charge is -2.08. The van der Waals surface area contributed by atoms with Crippen molar-refractivity contribution in [3.05, 3.63) is 54.3 Å². The lowest BCUT2D eigenvalue weighted by molar-refractivity contribution is -0.138. The van der Waals surface area contributed by atoms with E-state index >= 15 is 0 Å². The van der Waals surface area contributed by atoms with Crippen LogP contribution in [0, 0.1) is 0 Å². The third-order valence-corrected chi connectivity index (χ3v) is 5.65. The van der Waals surface area contributed by atoms with Crippen molar-refractivity contribution in [3.8, 4) is 33.9 Å². The molecule has 0 atom stereocenters. The van der Waals surface area contributed by atoms with Gasteiger partial charge in [-0.2, -0.15) is 0 Å². The third kappa shape index (κ3) is 7.43. The summed E-state index contributed by atoms with van der Waals surface area (Å²) in [5.74, 6) is 0.581. The van der Waals surface area contributed by atoms with Crippen molar-refractivity contribution >= 4 is 17.7 Å². The van der Waals surface area contributed by atoms with Crippen LogP contribution in [-0.2, 0) is 20.8 Å². The normalized spacial score (nSPS) is 10.6. The lowest BCUT2D eigenvalue weighted by Crippen LogP contribution is -2.26. The van der Waals surface area contributed by atoms with Crippen molar-refractivity contribution in [2.45, 2.75) is 38.5 Å². The number of benzene rings is 2. The number of carbonyl (C=O) groups excluding carboxylic acids is 2. The number of rotatable bonds is 14. The zero-order valence-corrected chi connectivity index (χ0v) is 20.4. The van der Waals surface area contributed by atoms with Gasteiger partial charge in [0.25, 0.3) is 0 Å². The summed E-state index contributed by atoms with van der Waals surface area (Å²) in [5, 5.41) is 15.7. The molecular formula is C27H30N2O7. The topological polar surface area (TPSA) is 128 Å². The maximum atomic E-state index is 12.6. The summed E-state index contributed by atoms with van der Waals surface area (Å²) >= 11 is 0. The highest BCUT2D eigenvalue weighted by Crippen LogP contribution is 2.36. The smallest absolute Gasteiger partial charge is 0.303 e. The first-order valence-corrected chi connectivity index (χ1v) is 11.7. The summed E-state index contributed by atoms with van der Waals surface area (Å²) in [5.41, 5.74) is 3.00. The number of nitrogens with zero attached hydrogens (tertiary/aromatic N) is 1. The van der Waals surface area contributed by atoms with Crippen LogP contribution in [0.4, 0.5) is 0 Å². The average molecular weight is 495 g/mol. The highest BCUT2D eigenvalue weighted by Gasteiger charge is 2.21. The molecule has 0 unspecified atom stereocenters. The van der Waals surface area contributed by atoms with E-state index in [1.54, 1.807) is 14.2 Å². The molecule has 36 heavy (non-hydrogen) atoms. The molecule has 2 N–H and O–H groups in total. The van der Waals surface area contributed by atoms with Crippen LogP contribution < -0.4 is 14.8 Å². The molecule has 1 heterocycles. The van der Waals surface area contributed by atoms with E-state index in [2.05, 4.69) is 10.5 Å². The molecule has 9 nitrogen and oxygen atoms in total. The van der Waals surface area contributed by atoms with Crippen LogP contribution in [0.3, 0.4) is 0 Å². The van der Waals surface area contributed by atoms with E-state index in [0.717, 1.165) is 22.4 Å². The van der Waals surface area contributed by atoms with Gasteiger partial charge in [0.15, 0.2) is 5.76 Å². The van der Waals surface area contributed by atoms with Gasteiger partial charge in [0.1, 0.15) is 23.0 Å². The van der Waals surface area contributed by atoms with Crippen molar-refractivity contribution in [1.82, 2.24) is 10.5 Å². The summed E-state index contributed by atoms with van der Waals surface area (Å²) < 4.78 is 16.1. The van der Waals surface area contributed by atoms with Gasteiger partial charge in [-0.05, 0) is 54.8 Å². The fourth-order valence-electron chi connectivity index (χ4n) is 3.70. The van der Waals surface area contributed by atoms with E-state index in [1.807, 2.05) is 48.5 Å². The number of carboxylic acid groups (broad SMARTS) is 1. The number of hydrogen-bond donors (Lipinski definition) is 2. The maximum absolute atomic E-state index is 12.6. The van der Waals surface area contributed by atoms with Crippen molar-refractivity contribution in [1.29, 1.82) is 0 Å². The van der Waals surface area contributed by atoms with Crippen LogP contribution >= 0.6 is 0 Å². The number of nitrogens with one attached hydrogen (secondary N) is 1. The molecule has 0 spiro atoms. The van der Waals surface area contributed by atoms with E-state index in [9.17, 15) is 14.4 Å². The van der Waals surface area contributed by atoms with E-state index in [4.69, 9.17) is 19.1 Å². The summed E-state index contributed by atoms with van der Waals surface area (Å²) in [6, 6.07) is 14.9. The second-order valence-electron chi connectivity index (χ2n) is 8.20. The number of methoxy groups -OCH3 is 2. The Bertz CT molecular complexity index is 1170. The number of Topliss-reactive ketones (excluding diaryl/α,β-unsaturated/α-hetero) is 1. The predicted octanol–water partition coefficient (Wildman–Crippen LogP) is 4.29. The fraction of sp³-hybridized carbons (Fsp3) is 0.333. The van der Waals surface area contributed by atoms with Crippen molar-refractivity contribution in [2.75, 3.05) is 20.8 Å². The zero-order chi connectivity index (χ0) is 25.9. The van der Waals surface area contributed by atoms with Crippen molar-refractivity contribution in [2.24, 2.45) is 0 Å². The average Bonchev–Trinajstić information content (AvgIpc) is 3.30. The van der Waals surface area contributed by atoms with Gasteiger partial charge in [0.2, 0.25) is 5.91 Å². The third-order valence-electron chi connectivity index (χ3n) is 5.65. The Morgan fingerprint density at radius 3 is 2.06 bits per heavy atom. The molecule has 0 aliphatic carbocycles. The van der Waals surface area contributed by atoms with Gasteiger partial charge in [-0.25, -0.2) is 0 Å². The lowest BCUT2D eigenvalue weighted by atomic mass is 9.98.